The van der Waals surface area contributed by atoms with Gasteiger partial charge in [0, 0.05) is 6.54 Å². The third kappa shape index (κ3) is 2.20. The van der Waals surface area contributed by atoms with Gasteiger partial charge in [-0.25, -0.2) is 18.2 Å². The molecule has 110 valence electrons. The molecular weight excluding hydrogens is 312 g/mol. The highest BCUT2D eigenvalue weighted by atomic mass is 32.2. The fraction of sp³-hybridized carbons (Fsp3) is 0.231. The number of hydrogen-bond donors (Lipinski definition) is 0. The van der Waals surface area contributed by atoms with Crippen molar-refractivity contribution in [3.63, 3.8) is 0 Å². The Balaban J connectivity index is 2.07. The first-order valence-electron chi connectivity index (χ1n) is 6.18. The number of benzene rings is 1. The fourth-order valence-electron chi connectivity index (χ4n) is 2.31. The molecule has 21 heavy (non-hydrogen) atoms. The quantitative estimate of drug-likeness (QED) is 0.803. The van der Waals surface area contributed by atoms with Crippen LogP contribution in [0.2, 0.25) is 0 Å². The number of anilines is 1. The molecule has 1 aromatic carbocycles. The van der Waals surface area contributed by atoms with Crippen molar-refractivity contribution >= 4 is 33.0 Å². The van der Waals surface area contributed by atoms with Gasteiger partial charge in [0.25, 0.3) is 10.0 Å². The first-order valence-corrected chi connectivity index (χ1v) is 8.50. The van der Waals surface area contributed by atoms with Crippen LogP contribution in [0.4, 0.5) is 5.69 Å². The van der Waals surface area contributed by atoms with Crippen LogP contribution in [0, 0.1) is 0 Å². The standard InChI is InChI=1S/C13H12N2O4S2/c1-19-12(16)11-13(20-8-14-11)21(17,18)15-7-6-9-4-2-3-5-10(9)15/h2-5,8H,6-7H2,1H3. The summed E-state index contributed by atoms with van der Waals surface area (Å²) in [6, 6.07) is 7.33. The van der Waals surface area contributed by atoms with E-state index in [0.29, 0.717) is 18.7 Å². The molecule has 0 radical (unpaired) electrons. The van der Waals surface area contributed by atoms with Gasteiger partial charge in [0.1, 0.15) is 0 Å². The summed E-state index contributed by atoms with van der Waals surface area (Å²) in [5.41, 5.74) is 2.81. The van der Waals surface area contributed by atoms with Crippen LogP contribution in [0.3, 0.4) is 0 Å². The zero-order valence-corrected chi connectivity index (χ0v) is 12.8. The van der Waals surface area contributed by atoms with E-state index in [1.54, 1.807) is 12.1 Å². The summed E-state index contributed by atoms with van der Waals surface area (Å²) in [7, 11) is -2.61. The molecule has 2 heterocycles. The Hall–Kier alpha value is -1.93. The fourth-order valence-corrected chi connectivity index (χ4v) is 5.05. The van der Waals surface area contributed by atoms with Crippen molar-refractivity contribution in [2.75, 3.05) is 18.0 Å². The highest BCUT2D eigenvalue weighted by Gasteiger charge is 2.35. The maximum absolute atomic E-state index is 12.8. The number of fused-ring (bicyclic) bond motifs is 1. The van der Waals surface area contributed by atoms with Gasteiger partial charge in [-0.3, -0.25) is 4.31 Å². The van der Waals surface area contributed by atoms with E-state index in [0.717, 1.165) is 16.9 Å². The lowest BCUT2D eigenvalue weighted by Crippen LogP contribution is -2.29. The summed E-state index contributed by atoms with van der Waals surface area (Å²) < 4.78 is 31.4. The monoisotopic (exact) mass is 324 g/mol. The van der Waals surface area contributed by atoms with Crippen LogP contribution in [-0.4, -0.2) is 33.0 Å². The van der Waals surface area contributed by atoms with Gasteiger partial charge in [0.2, 0.25) is 0 Å². The summed E-state index contributed by atoms with van der Waals surface area (Å²) in [6.07, 6.45) is 0.655. The number of thiazole rings is 1. The van der Waals surface area contributed by atoms with Gasteiger partial charge in [-0.05, 0) is 18.1 Å². The molecule has 2 aromatic rings. The highest BCUT2D eigenvalue weighted by molar-refractivity contribution is 7.94. The molecule has 1 aromatic heterocycles. The Morgan fingerprint density at radius 2 is 2.14 bits per heavy atom. The largest absolute Gasteiger partial charge is 0.464 e. The average Bonchev–Trinajstić information content (AvgIpc) is 3.13. The van der Waals surface area contributed by atoms with Crippen molar-refractivity contribution in [3.8, 4) is 0 Å². The number of hydrogen-bond acceptors (Lipinski definition) is 6. The maximum atomic E-state index is 12.8. The highest BCUT2D eigenvalue weighted by Crippen LogP contribution is 2.34. The second-order valence-electron chi connectivity index (χ2n) is 4.44. The predicted molar refractivity (Wildman–Crippen MR) is 78.1 cm³/mol. The van der Waals surface area contributed by atoms with Crippen LogP contribution in [0.25, 0.3) is 0 Å². The van der Waals surface area contributed by atoms with Gasteiger partial charge >= 0.3 is 5.97 Å². The number of para-hydroxylation sites is 1. The van der Waals surface area contributed by atoms with Crippen LogP contribution in [-0.2, 0) is 21.2 Å². The summed E-state index contributed by atoms with van der Waals surface area (Å²) in [4.78, 5) is 15.5. The molecule has 0 amide bonds. The van der Waals surface area contributed by atoms with E-state index in [2.05, 4.69) is 9.72 Å². The van der Waals surface area contributed by atoms with Gasteiger partial charge in [0.15, 0.2) is 9.90 Å². The lowest BCUT2D eigenvalue weighted by Gasteiger charge is -2.18. The third-order valence-electron chi connectivity index (χ3n) is 3.28. The predicted octanol–water partition coefficient (Wildman–Crippen LogP) is 1.68. The number of rotatable bonds is 3. The molecular formula is C13H12N2O4S2. The molecule has 6 nitrogen and oxygen atoms in total. The topological polar surface area (TPSA) is 76.6 Å². The van der Waals surface area contributed by atoms with Gasteiger partial charge in [-0.1, -0.05) is 18.2 Å². The van der Waals surface area contributed by atoms with E-state index in [1.807, 2.05) is 12.1 Å². The second-order valence-corrected chi connectivity index (χ2v) is 7.35. The number of carbonyl (C=O) groups is 1. The van der Waals surface area contributed by atoms with Crippen molar-refractivity contribution in [3.05, 3.63) is 41.0 Å². The molecule has 1 aliphatic rings. The SMILES string of the molecule is COC(=O)c1ncsc1S(=O)(=O)N1CCc2ccccc21. The molecule has 3 rings (SSSR count). The number of nitrogens with zero attached hydrogens (tertiary/aromatic N) is 2. The van der Waals surface area contributed by atoms with E-state index in [-0.39, 0.29) is 9.90 Å². The van der Waals surface area contributed by atoms with Crippen LogP contribution < -0.4 is 4.31 Å². The molecule has 8 heteroatoms. The Morgan fingerprint density at radius 1 is 1.38 bits per heavy atom. The molecule has 0 saturated carbocycles. The minimum Gasteiger partial charge on any atom is -0.464 e. The number of carbonyl (C=O) groups excluding carboxylic acids is 1. The van der Waals surface area contributed by atoms with E-state index >= 15 is 0 Å². The lowest BCUT2D eigenvalue weighted by atomic mass is 10.2. The van der Waals surface area contributed by atoms with E-state index in [4.69, 9.17) is 0 Å². The Kier molecular flexibility index (Phi) is 3.42. The van der Waals surface area contributed by atoms with Crippen LogP contribution in [0.1, 0.15) is 16.1 Å². The molecule has 0 aliphatic carbocycles. The van der Waals surface area contributed by atoms with Crippen molar-refractivity contribution in [1.82, 2.24) is 4.98 Å². The third-order valence-corrected chi connectivity index (χ3v) is 6.44. The van der Waals surface area contributed by atoms with Crippen LogP contribution in [0.5, 0.6) is 0 Å². The van der Waals surface area contributed by atoms with Gasteiger partial charge in [0.05, 0.1) is 18.3 Å². The Labute approximate surface area is 126 Å². The summed E-state index contributed by atoms with van der Waals surface area (Å²) in [6.45, 7) is 0.361. The zero-order valence-electron chi connectivity index (χ0n) is 11.1. The summed E-state index contributed by atoms with van der Waals surface area (Å²) in [5.74, 6) is -0.748. The van der Waals surface area contributed by atoms with Gasteiger partial charge < -0.3 is 4.74 Å². The Bertz CT molecular complexity index is 798. The average molecular weight is 324 g/mol. The molecule has 0 fully saturated rings. The number of esters is 1. The number of sulfonamides is 1. The molecule has 0 N–H and O–H groups in total. The first-order chi connectivity index (χ1) is 10.1. The normalized spacial score (nSPS) is 14.0. The van der Waals surface area contributed by atoms with Crippen molar-refractivity contribution in [1.29, 1.82) is 0 Å². The number of methoxy groups -OCH3 is 1. The van der Waals surface area contributed by atoms with Crippen molar-refractivity contribution in [2.45, 2.75) is 10.6 Å². The maximum Gasteiger partial charge on any atom is 0.358 e. The Morgan fingerprint density at radius 3 is 2.90 bits per heavy atom. The summed E-state index contributed by atoms with van der Waals surface area (Å²) >= 11 is 0.920. The second kappa shape index (κ2) is 5.12. The van der Waals surface area contributed by atoms with Gasteiger partial charge in [-0.15, -0.1) is 11.3 Å². The van der Waals surface area contributed by atoms with E-state index in [9.17, 15) is 13.2 Å². The first kappa shape index (κ1) is 14.0. The molecule has 0 atom stereocenters. The van der Waals surface area contributed by atoms with Crippen molar-refractivity contribution < 1.29 is 17.9 Å². The molecule has 0 unspecified atom stereocenters. The lowest BCUT2D eigenvalue weighted by molar-refractivity contribution is 0.0590. The zero-order chi connectivity index (χ0) is 15.0. The molecule has 1 aliphatic heterocycles. The molecule has 0 bridgehead atoms. The molecule has 0 saturated heterocycles. The van der Waals surface area contributed by atoms with Crippen LogP contribution >= 0.6 is 11.3 Å². The van der Waals surface area contributed by atoms with E-state index in [1.165, 1.54) is 16.9 Å². The molecule has 0 spiro atoms. The van der Waals surface area contributed by atoms with Gasteiger partial charge in [-0.2, -0.15) is 0 Å². The number of ether oxygens (including phenoxy) is 1. The van der Waals surface area contributed by atoms with E-state index < -0.39 is 16.0 Å². The summed E-state index contributed by atoms with van der Waals surface area (Å²) in [5, 5.41) is 0. The minimum absolute atomic E-state index is 0.0777. The minimum atomic E-state index is -3.81. The smallest absolute Gasteiger partial charge is 0.358 e. The number of aromatic nitrogens is 1. The van der Waals surface area contributed by atoms with Crippen molar-refractivity contribution in [2.24, 2.45) is 0 Å². The van der Waals surface area contributed by atoms with Crippen LogP contribution in [0.15, 0.2) is 34.0 Å².